The van der Waals surface area contributed by atoms with E-state index >= 15 is 0 Å². The average Bonchev–Trinajstić information content (AvgIpc) is 1.38. The predicted octanol–water partition coefficient (Wildman–Crippen LogP) is 0.472. The van der Waals surface area contributed by atoms with Crippen molar-refractivity contribution in [2.45, 2.75) is 0 Å². The van der Waals surface area contributed by atoms with E-state index in [4.69, 9.17) is 5.11 Å². The molecule has 0 spiro atoms. The molecule has 0 aliphatic rings. The van der Waals surface area contributed by atoms with Crippen LogP contribution in [-0.2, 0) is 4.79 Å². The molecule has 0 aliphatic carbocycles. The Bertz CT molecular complexity index is 42.9. The highest BCUT2D eigenvalue weighted by atomic mass is 35.5. The van der Waals surface area contributed by atoms with Crippen LogP contribution in [0.1, 0.15) is 0 Å². The molecule has 0 rings (SSSR count). The summed E-state index contributed by atoms with van der Waals surface area (Å²) in [5.41, 5.74) is 0. The van der Waals surface area contributed by atoms with E-state index in [1.165, 1.54) is 0 Å². The van der Waals surface area contributed by atoms with Crippen LogP contribution in [0.15, 0.2) is 0 Å². The van der Waals surface area contributed by atoms with Gasteiger partial charge in [0.25, 0.3) is 0 Å². The number of aliphatic carboxylic acids is 1. The first-order chi connectivity index (χ1) is 2.27. The fourth-order valence-electron chi connectivity index (χ4n) is 0. The molecule has 2 nitrogen and oxygen atoms in total. The summed E-state index contributed by atoms with van der Waals surface area (Å²) in [5.74, 6) is -0.549. The van der Waals surface area contributed by atoms with Crippen LogP contribution in [0.4, 0.5) is 0 Å². The van der Waals surface area contributed by atoms with Gasteiger partial charge in [0.15, 0.2) is 5.88 Å². The second-order valence-corrected chi connectivity index (χ2v) is 0.666. The monoisotopic (exact) mass is 93.0 g/mol. The Morgan fingerprint density at radius 2 is 2.20 bits per heavy atom. The molecule has 0 unspecified atom stereocenters. The van der Waals surface area contributed by atoms with E-state index in [2.05, 4.69) is 11.6 Å². The molecule has 3 heteroatoms. The van der Waals surface area contributed by atoms with Crippen LogP contribution in [-0.4, -0.2) is 11.1 Å². The number of hydrogen-bond acceptors (Lipinski definition) is 1. The maximum Gasteiger partial charge on any atom is 0.323 e. The lowest BCUT2D eigenvalue weighted by atomic mass is 10.8. The second-order valence-electron chi connectivity index (χ2n) is 0.447. The van der Waals surface area contributed by atoms with Gasteiger partial charge in [-0.1, -0.05) is 0 Å². The van der Waals surface area contributed by atoms with Crippen LogP contribution in [0.25, 0.3) is 0 Å². The molecular formula is C2H2ClO2. The normalized spacial score (nSPS) is 7.40. The maximum absolute atomic E-state index is 9.18. The molecule has 0 atom stereocenters. The largest absolute Gasteiger partial charge is 0.480 e. The van der Waals surface area contributed by atoms with E-state index in [9.17, 15) is 4.79 Å². The van der Waals surface area contributed by atoms with Gasteiger partial charge in [-0.2, -0.15) is 0 Å². The Kier molecular flexibility index (Phi) is 1.93. The highest BCUT2D eigenvalue weighted by molar-refractivity contribution is 6.32. The number of rotatable bonds is 1. The van der Waals surface area contributed by atoms with Crippen molar-refractivity contribution in [3.63, 3.8) is 0 Å². The Labute approximate surface area is 34.4 Å². The zero-order valence-corrected chi connectivity index (χ0v) is 3.07. The van der Waals surface area contributed by atoms with Crippen LogP contribution < -0.4 is 0 Å². The molecule has 0 amide bonds. The molecular weight excluding hydrogens is 91.5 g/mol. The van der Waals surface area contributed by atoms with E-state index in [0.29, 0.717) is 5.88 Å². The number of halogens is 1. The Hall–Kier alpha value is -0.240. The molecule has 0 aliphatic heterocycles. The van der Waals surface area contributed by atoms with Gasteiger partial charge < -0.3 is 5.11 Å². The first-order valence-corrected chi connectivity index (χ1v) is 1.37. The summed E-state index contributed by atoms with van der Waals surface area (Å²) in [6.45, 7) is 0. The lowest BCUT2D eigenvalue weighted by Gasteiger charge is -1.68. The lowest BCUT2D eigenvalue weighted by molar-refractivity contribution is -0.132. The third-order valence-corrected chi connectivity index (χ3v) is 0.280. The topological polar surface area (TPSA) is 37.3 Å². The van der Waals surface area contributed by atoms with Gasteiger partial charge in [-0.3, -0.25) is 4.79 Å². The van der Waals surface area contributed by atoms with Crippen LogP contribution >= 0.6 is 11.6 Å². The van der Waals surface area contributed by atoms with Crippen LogP contribution in [0.3, 0.4) is 0 Å². The van der Waals surface area contributed by atoms with Gasteiger partial charge in [-0.05, 0) is 0 Å². The van der Waals surface area contributed by atoms with Crippen molar-refractivity contribution in [3.05, 3.63) is 5.88 Å². The smallest absolute Gasteiger partial charge is 0.323 e. The number of carboxylic acids is 1. The molecule has 0 aromatic rings. The zero-order chi connectivity index (χ0) is 4.28. The van der Waals surface area contributed by atoms with Gasteiger partial charge >= 0.3 is 5.97 Å². The molecule has 1 radical (unpaired) electrons. The van der Waals surface area contributed by atoms with Gasteiger partial charge in [0.2, 0.25) is 0 Å². The molecule has 0 bridgehead atoms. The Morgan fingerprint density at radius 3 is 2.20 bits per heavy atom. The van der Waals surface area contributed by atoms with Crippen molar-refractivity contribution in [1.29, 1.82) is 0 Å². The van der Waals surface area contributed by atoms with Crippen LogP contribution in [0, 0.1) is 5.88 Å². The lowest BCUT2D eigenvalue weighted by Crippen LogP contribution is -1.86. The minimum absolute atomic E-state index is 0.556. The summed E-state index contributed by atoms with van der Waals surface area (Å²) < 4.78 is 0. The molecule has 0 saturated carbocycles. The molecule has 0 heterocycles. The highest BCUT2D eigenvalue weighted by Crippen LogP contribution is 1.77. The van der Waals surface area contributed by atoms with E-state index in [-0.39, 0.29) is 0 Å². The zero-order valence-electron chi connectivity index (χ0n) is 2.31. The highest BCUT2D eigenvalue weighted by Gasteiger charge is 1.85. The van der Waals surface area contributed by atoms with Gasteiger partial charge in [-0.25, -0.2) is 0 Å². The van der Waals surface area contributed by atoms with Crippen molar-refractivity contribution in [3.8, 4) is 0 Å². The van der Waals surface area contributed by atoms with Gasteiger partial charge in [0.1, 0.15) is 0 Å². The van der Waals surface area contributed by atoms with Crippen molar-refractivity contribution in [1.82, 2.24) is 0 Å². The van der Waals surface area contributed by atoms with E-state index in [1.807, 2.05) is 0 Å². The van der Waals surface area contributed by atoms with Crippen molar-refractivity contribution in [2.75, 3.05) is 0 Å². The number of hydrogen-bond donors (Lipinski definition) is 1. The van der Waals surface area contributed by atoms with Crippen LogP contribution in [0.5, 0.6) is 0 Å². The van der Waals surface area contributed by atoms with E-state index in [0.717, 1.165) is 0 Å². The Balaban J connectivity index is 2.85. The second kappa shape index (κ2) is 2.03. The summed E-state index contributed by atoms with van der Waals surface area (Å²) >= 11 is 4.61. The summed E-state index contributed by atoms with van der Waals surface area (Å²) in [6.07, 6.45) is 0. The molecule has 0 aromatic carbocycles. The number of carbonyl (C=O) groups is 1. The summed E-state index contributed by atoms with van der Waals surface area (Å²) in [5, 5.41) is 7.53. The molecule has 5 heavy (non-hydrogen) atoms. The van der Waals surface area contributed by atoms with Gasteiger partial charge in [-0.15, -0.1) is 11.6 Å². The third kappa shape index (κ3) is 3.76. The standard InChI is InChI=1S/C2H2ClO2/c3-1-2(4)5/h1H,(H,4,5). The van der Waals surface area contributed by atoms with Crippen molar-refractivity contribution in [2.24, 2.45) is 0 Å². The molecule has 29 valence electrons. The maximum atomic E-state index is 9.18. The molecule has 0 fully saturated rings. The minimum Gasteiger partial charge on any atom is -0.480 e. The van der Waals surface area contributed by atoms with Crippen molar-refractivity contribution >= 4 is 17.6 Å². The molecule has 0 saturated heterocycles. The number of carboxylic acid groups (broad SMARTS) is 1. The van der Waals surface area contributed by atoms with E-state index in [1.54, 1.807) is 0 Å². The first kappa shape index (κ1) is 4.76. The first-order valence-electron chi connectivity index (χ1n) is 0.935. The molecule has 1 N–H and O–H groups in total. The fraction of sp³-hybridized carbons (Fsp3) is 0. The SMILES string of the molecule is O=C(O)[CH]Cl. The van der Waals surface area contributed by atoms with Gasteiger partial charge in [0.05, 0.1) is 0 Å². The summed E-state index contributed by atoms with van der Waals surface area (Å²) in [4.78, 5) is 9.18. The molecule has 0 aromatic heterocycles. The fourth-order valence-corrected chi connectivity index (χ4v) is 0. The van der Waals surface area contributed by atoms with Gasteiger partial charge in [0, 0.05) is 0 Å². The summed E-state index contributed by atoms with van der Waals surface area (Å²) in [6, 6.07) is 0. The minimum atomic E-state index is -1.10. The predicted molar refractivity (Wildman–Crippen MR) is 17.8 cm³/mol. The van der Waals surface area contributed by atoms with E-state index < -0.39 is 5.97 Å². The summed E-state index contributed by atoms with van der Waals surface area (Å²) in [7, 11) is 0. The third-order valence-electron chi connectivity index (χ3n) is 0.0933. The van der Waals surface area contributed by atoms with Crippen LogP contribution in [0.2, 0.25) is 0 Å². The van der Waals surface area contributed by atoms with Crippen molar-refractivity contribution < 1.29 is 9.90 Å². The average molecular weight is 93.5 g/mol. The quantitative estimate of drug-likeness (QED) is 0.512. The Morgan fingerprint density at radius 1 is 2.00 bits per heavy atom.